The van der Waals surface area contributed by atoms with E-state index >= 15 is 0 Å². The SMILES string of the molecule is N#CC1(C(O)c2cccc(C3CC3)c2)CCCCCC1. The van der Waals surface area contributed by atoms with Crippen LogP contribution in [0.4, 0.5) is 0 Å². The Morgan fingerprint density at radius 3 is 2.45 bits per heavy atom. The van der Waals surface area contributed by atoms with Gasteiger partial charge in [-0.05, 0) is 42.7 Å². The van der Waals surface area contributed by atoms with Gasteiger partial charge in [0, 0.05) is 0 Å². The summed E-state index contributed by atoms with van der Waals surface area (Å²) in [7, 11) is 0. The zero-order valence-corrected chi connectivity index (χ0v) is 12.0. The van der Waals surface area contributed by atoms with Crippen molar-refractivity contribution in [1.29, 1.82) is 5.26 Å². The molecule has 1 aromatic carbocycles. The van der Waals surface area contributed by atoms with E-state index in [0.29, 0.717) is 5.92 Å². The van der Waals surface area contributed by atoms with Crippen LogP contribution in [0, 0.1) is 16.7 Å². The van der Waals surface area contributed by atoms with Crippen molar-refractivity contribution in [3.05, 3.63) is 35.4 Å². The largest absolute Gasteiger partial charge is 0.387 e. The zero-order chi connectivity index (χ0) is 14.0. The summed E-state index contributed by atoms with van der Waals surface area (Å²) in [6, 6.07) is 10.8. The van der Waals surface area contributed by atoms with Crippen molar-refractivity contribution < 1.29 is 5.11 Å². The molecule has 1 unspecified atom stereocenters. The van der Waals surface area contributed by atoms with Gasteiger partial charge in [-0.3, -0.25) is 0 Å². The highest BCUT2D eigenvalue weighted by molar-refractivity contribution is 5.32. The van der Waals surface area contributed by atoms with E-state index in [-0.39, 0.29) is 0 Å². The fourth-order valence-electron chi connectivity index (χ4n) is 3.52. The monoisotopic (exact) mass is 269 g/mol. The Labute approximate surface area is 121 Å². The molecule has 0 aromatic heterocycles. The van der Waals surface area contributed by atoms with Crippen molar-refractivity contribution in [3.8, 4) is 6.07 Å². The zero-order valence-electron chi connectivity index (χ0n) is 12.0. The normalized spacial score (nSPS) is 23.6. The minimum atomic E-state index is -0.635. The lowest BCUT2D eigenvalue weighted by Crippen LogP contribution is -2.27. The summed E-state index contributed by atoms with van der Waals surface area (Å²) in [5, 5.41) is 20.5. The van der Waals surface area contributed by atoms with Gasteiger partial charge >= 0.3 is 0 Å². The molecule has 1 atom stereocenters. The van der Waals surface area contributed by atoms with Crippen LogP contribution in [0.1, 0.15) is 74.5 Å². The highest BCUT2D eigenvalue weighted by atomic mass is 16.3. The van der Waals surface area contributed by atoms with E-state index in [0.717, 1.165) is 31.2 Å². The molecule has 2 nitrogen and oxygen atoms in total. The molecule has 20 heavy (non-hydrogen) atoms. The minimum Gasteiger partial charge on any atom is -0.387 e. The molecule has 106 valence electrons. The Bertz CT molecular complexity index is 504. The second-order valence-electron chi connectivity index (χ2n) is 6.53. The van der Waals surface area contributed by atoms with Crippen molar-refractivity contribution in [2.24, 2.45) is 5.41 Å². The molecule has 0 saturated heterocycles. The molecule has 2 aliphatic rings. The summed E-state index contributed by atoms with van der Waals surface area (Å²) in [6.07, 6.45) is 8.07. The Morgan fingerprint density at radius 1 is 1.15 bits per heavy atom. The molecule has 0 heterocycles. The average molecular weight is 269 g/mol. The topological polar surface area (TPSA) is 44.0 Å². The van der Waals surface area contributed by atoms with Crippen molar-refractivity contribution in [2.45, 2.75) is 63.4 Å². The number of hydrogen-bond donors (Lipinski definition) is 1. The van der Waals surface area contributed by atoms with Crippen LogP contribution in [0.15, 0.2) is 24.3 Å². The first kappa shape index (κ1) is 13.6. The van der Waals surface area contributed by atoms with Gasteiger partial charge in [-0.15, -0.1) is 0 Å². The molecule has 1 N–H and O–H groups in total. The van der Waals surface area contributed by atoms with Crippen molar-refractivity contribution >= 4 is 0 Å². The maximum Gasteiger partial charge on any atom is 0.0976 e. The lowest BCUT2D eigenvalue weighted by atomic mass is 9.74. The van der Waals surface area contributed by atoms with Gasteiger partial charge in [0.05, 0.1) is 17.6 Å². The Balaban J connectivity index is 1.87. The Hall–Kier alpha value is -1.33. The van der Waals surface area contributed by atoms with Gasteiger partial charge in [0.1, 0.15) is 0 Å². The van der Waals surface area contributed by atoms with E-state index < -0.39 is 11.5 Å². The highest BCUT2D eigenvalue weighted by Gasteiger charge is 2.39. The molecule has 2 fully saturated rings. The van der Waals surface area contributed by atoms with E-state index in [1.165, 1.54) is 31.2 Å². The van der Waals surface area contributed by atoms with Crippen LogP contribution in [-0.4, -0.2) is 5.11 Å². The Kier molecular flexibility index (Phi) is 3.81. The standard InChI is InChI=1S/C18H23NO/c19-13-18(10-3-1-2-4-11-18)17(20)16-7-5-6-15(12-16)14-8-9-14/h5-7,12,14,17,20H,1-4,8-11H2. The van der Waals surface area contributed by atoms with Crippen LogP contribution < -0.4 is 0 Å². The molecule has 0 radical (unpaired) electrons. The van der Waals surface area contributed by atoms with Crippen molar-refractivity contribution in [1.82, 2.24) is 0 Å². The van der Waals surface area contributed by atoms with E-state index in [2.05, 4.69) is 18.2 Å². The summed E-state index contributed by atoms with van der Waals surface area (Å²) in [5.41, 5.74) is 1.71. The first-order valence-electron chi connectivity index (χ1n) is 7.94. The second kappa shape index (κ2) is 5.58. The predicted octanol–water partition coefficient (Wildman–Crippen LogP) is 4.46. The molecular weight excluding hydrogens is 246 g/mol. The van der Waals surface area contributed by atoms with Gasteiger partial charge in [-0.1, -0.05) is 49.9 Å². The van der Waals surface area contributed by atoms with Gasteiger partial charge < -0.3 is 5.11 Å². The third kappa shape index (κ3) is 2.60. The molecule has 0 aliphatic heterocycles. The molecule has 0 bridgehead atoms. The lowest BCUT2D eigenvalue weighted by Gasteiger charge is -2.31. The molecule has 0 spiro atoms. The predicted molar refractivity (Wildman–Crippen MR) is 79.1 cm³/mol. The van der Waals surface area contributed by atoms with Gasteiger partial charge in [-0.25, -0.2) is 0 Å². The van der Waals surface area contributed by atoms with Gasteiger partial charge in [0.15, 0.2) is 0 Å². The first-order chi connectivity index (χ1) is 9.75. The van der Waals surface area contributed by atoms with Crippen LogP contribution in [0.2, 0.25) is 0 Å². The molecule has 2 saturated carbocycles. The number of nitrogens with zero attached hydrogens (tertiary/aromatic N) is 1. The summed E-state index contributed by atoms with van der Waals surface area (Å²) in [5.74, 6) is 0.689. The third-order valence-corrected chi connectivity index (χ3v) is 5.02. The maximum absolute atomic E-state index is 10.8. The summed E-state index contributed by atoms with van der Waals surface area (Å²) < 4.78 is 0. The minimum absolute atomic E-state index is 0.571. The number of rotatable bonds is 3. The van der Waals surface area contributed by atoms with Crippen LogP contribution in [0.25, 0.3) is 0 Å². The fraction of sp³-hybridized carbons (Fsp3) is 0.611. The Morgan fingerprint density at radius 2 is 1.85 bits per heavy atom. The first-order valence-corrected chi connectivity index (χ1v) is 7.94. The summed E-state index contributed by atoms with van der Waals surface area (Å²) in [4.78, 5) is 0. The van der Waals surface area contributed by atoms with Crippen LogP contribution in [-0.2, 0) is 0 Å². The molecule has 1 aromatic rings. The quantitative estimate of drug-likeness (QED) is 0.823. The average Bonchev–Trinajstić information content (AvgIpc) is 3.33. The van der Waals surface area contributed by atoms with Gasteiger partial charge in [-0.2, -0.15) is 5.26 Å². The van der Waals surface area contributed by atoms with Crippen molar-refractivity contribution in [2.75, 3.05) is 0 Å². The second-order valence-corrected chi connectivity index (χ2v) is 6.53. The van der Waals surface area contributed by atoms with E-state index in [4.69, 9.17) is 0 Å². The van der Waals surface area contributed by atoms with E-state index in [1.54, 1.807) is 0 Å². The van der Waals surface area contributed by atoms with Crippen LogP contribution in [0.5, 0.6) is 0 Å². The summed E-state index contributed by atoms with van der Waals surface area (Å²) in [6.45, 7) is 0. The third-order valence-electron chi connectivity index (χ3n) is 5.02. The smallest absolute Gasteiger partial charge is 0.0976 e. The number of aliphatic hydroxyl groups excluding tert-OH is 1. The molecular formula is C18H23NO. The van der Waals surface area contributed by atoms with Gasteiger partial charge in [0.2, 0.25) is 0 Å². The molecule has 3 rings (SSSR count). The van der Waals surface area contributed by atoms with Crippen LogP contribution >= 0.6 is 0 Å². The van der Waals surface area contributed by atoms with Gasteiger partial charge in [0.25, 0.3) is 0 Å². The number of aliphatic hydroxyl groups is 1. The fourth-order valence-corrected chi connectivity index (χ4v) is 3.52. The number of hydrogen-bond acceptors (Lipinski definition) is 2. The lowest BCUT2D eigenvalue weighted by molar-refractivity contribution is 0.0516. The molecule has 0 amide bonds. The van der Waals surface area contributed by atoms with E-state index in [1.807, 2.05) is 12.1 Å². The molecule has 2 heteroatoms. The van der Waals surface area contributed by atoms with E-state index in [9.17, 15) is 10.4 Å². The summed E-state index contributed by atoms with van der Waals surface area (Å²) >= 11 is 0. The maximum atomic E-state index is 10.8. The number of benzene rings is 1. The highest BCUT2D eigenvalue weighted by Crippen LogP contribution is 2.46. The number of nitriles is 1. The van der Waals surface area contributed by atoms with Crippen molar-refractivity contribution in [3.63, 3.8) is 0 Å². The molecule has 2 aliphatic carbocycles. The van der Waals surface area contributed by atoms with Crippen LogP contribution in [0.3, 0.4) is 0 Å².